The summed E-state index contributed by atoms with van der Waals surface area (Å²) in [5, 5.41) is 10.9. The Bertz CT molecular complexity index is 1370. The second kappa shape index (κ2) is 9.98. The number of sulfone groups is 1. The molecular formula is C25H22N4O5S. The summed E-state index contributed by atoms with van der Waals surface area (Å²) in [6, 6.07) is 20.7. The third-order valence-corrected chi connectivity index (χ3v) is 6.35. The lowest BCUT2D eigenvalue weighted by Crippen LogP contribution is -2.48. The van der Waals surface area contributed by atoms with Crippen LogP contribution in [-0.4, -0.2) is 49.1 Å². The van der Waals surface area contributed by atoms with Crippen LogP contribution in [0.15, 0.2) is 89.1 Å². The van der Waals surface area contributed by atoms with Gasteiger partial charge in [0.05, 0.1) is 28.3 Å². The summed E-state index contributed by atoms with van der Waals surface area (Å²) in [4.78, 5) is 39.8. The van der Waals surface area contributed by atoms with E-state index in [4.69, 9.17) is 0 Å². The zero-order valence-corrected chi connectivity index (χ0v) is 19.6. The molecule has 0 aromatic heterocycles. The molecule has 0 fully saturated rings. The summed E-state index contributed by atoms with van der Waals surface area (Å²) in [6.07, 6.45) is 0.812. The maximum atomic E-state index is 13.2. The highest BCUT2D eigenvalue weighted by atomic mass is 32.2. The zero-order chi connectivity index (χ0) is 25.0. The molecule has 3 amide bonds. The van der Waals surface area contributed by atoms with Crippen molar-refractivity contribution in [1.82, 2.24) is 4.90 Å². The molecule has 1 unspecified atom stereocenters. The van der Waals surface area contributed by atoms with Crippen LogP contribution in [0.1, 0.15) is 27.1 Å². The van der Waals surface area contributed by atoms with Crippen molar-refractivity contribution < 1.29 is 22.8 Å². The molecule has 3 aromatic rings. The fraction of sp³-hybridized carbons (Fsp3) is 0.160. The van der Waals surface area contributed by atoms with Crippen molar-refractivity contribution in [2.45, 2.75) is 12.5 Å². The maximum absolute atomic E-state index is 13.2. The van der Waals surface area contributed by atoms with Crippen molar-refractivity contribution >= 4 is 44.6 Å². The van der Waals surface area contributed by atoms with Gasteiger partial charge in [-0.05, 0) is 55.0 Å². The predicted molar refractivity (Wildman–Crippen MR) is 131 cm³/mol. The van der Waals surface area contributed by atoms with Crippen LogP contribution in [0.25, 0.3) is 0 Å². The SMILES string of the molecule is CS(=O)(=O)CCC(C(=O)Nc1ccc(N=Nc2ccccc2)cc1)N1C(=O)c2ccccc2C1=O. The average molecular weight is 491 g/mol. The summed E-state index contributed by atoms with van der Waals surface area (Å²) in [7, 11) is -3.44. The van der Waals surface area contributed by atoms with Gasteiger partial charge in [-0.15, -0.1) is 0 Å². The largest absolute Gasteiger partial charge is 0.324 e. The van der Waals surface area contributed by atoms with Gasteiger partial charge in [-0.2, -0.15) is 10.2 Å². The molecule has 3 aromatic carbocycles. The Morgan fingerprint density at radius 2 is 1.34 bits per heavy atom. The van der Waals surface area contributed by atoms with E-state index in [-0.39, 0.29) is 23.3 Å². The van der Waals surface area contributed by atoms with Crippen LogP contribution >= 0.6 is 0 Å². The van der Waals surface area contributed by atoms with Gasteiger partial charge in [0.15, 0.2) is 0 Å². The van der Waals surface area contributed by atoms with Gasteiger partial charge in [0.1, 0.15) is 15.9 Å². The minimum absolute atomic E-state index is 0.183. The summed E-state index contributed by atoms with van der Waals surface area (Å²) >= 11 is 0. The van der Waals surface area contributed by atoms with Gasteiger partial charge in [-0.3, -0.25) is 19.3 Å². The summed E-state index contributed by atoms with van der Waals surface area (Å²) in [6.45, 7) is 0. The first-order valence-corrected chi connectivity index (χ1v) is 12.8. The van der Waals surface area contributed by atoms with E-state index in [9.17, 15) is 22.8 Å². The molecule has 10 heteroatoms. The molecule has 9 nitrogen and oxygen atoms in total. The molecule has 0 saturated heterocycles. The standard InChI is InChI=1S/C25H22N4O5S/c1-35(33,34)16-15-22(29-24(31)20-9-5-6-10-21(20)25(29)32)23(30)26-17-11-13-19(14-12-17)28-27-18-7-3-2-4-8-18/h2-14,22H,15-16H2,1H3,(H,26,30). The first-order chi connectivity index (χ1) is 16.7. The van der Waals surface area contributed by atoms with Gasteiger partial charge in [0.25, 0.3) is 11.8 Å². The number of benzene rings is 3. The Hall–Kier alpha value is -4.18. The highest BCUT2D eigenvalue weighted by molar-refractivity contribution is 7.90. The first-order valence-electron chi connectivity index (χ1n) is 10.8. The summed E-state index contributed by atoms with van der Waals surface area (Å²) < 4.78 is 23.5. The Morgan fingerprint density at radius 1 is 0.829 bits per heavy atom. The fourth-order valence-corrected chi connectivity index (χ4v) is 4.29. The number of hydrogen-bond acceptors (Lipinski definition) is 7. The number of carbonyl (C=O) groups excluding carboxylic acids is 3. The van der Waals surface area contributed by atoms with Gasteiger partial charge < -0.3 is 5.32 Å². The number of nitrogens with one attached hydrogen (secondary N) is 1. The van der Waals surface area contributed by atoms with E-state index in [1.54, 1.807) is 36.4 Å². The molecule has 0 aliphatic carbocycles. The molecule has 1 heterocycles. The number of hydrogen-bond donors (Lipinski definition) is 1. The van der Waals surface area contributed by atoms with Crippen molar-refractivity contribution in [2.24, 2.45) is 10.2 Å². The molecule has 178 valence electrons. The number of amides is 3. The lowest BCUT2D eigenvalue weighted by molar-refractivity contribution is -0.120. The zero-order valence-electron chi connectivity index (χ0n) is 18.8. The highest BCUT2D eigenvalue weighted by Gasteiger charge is 2.42. The number of carbonyl (C=O) groups is 3. The molecular weight excluding hydrogens is 468 g/mol. The normalized spacial score (nSPS) is 14.3. The highest BCUT2D eigenvalue weighted by Crippen LogP contribution is 2.27. The summed E-state index contributed by atoms with van der Waals surface area (Å²) in [5.41, 5.74) is 2.01. The summed E-state index contributed by atoms with van der Waals surface area (Å²) in [5.74, 6) is -2.29. The van der Waals surface area contributed by atoms with Gasteiger partial charge in [-0.1, -0.05) is 30.3 Å². The van der Waals surface area contributed by atoms with E-state index in [2.05, 4.69) is 15.5 Å². The fourth-order valence-electron chi connectivity index (χ4n) is 3.64. The van der Waals surface area contributed by atoms with Crippen LogP contribution in [0.3, 0.4) is 0 Å². The van der Waals surface area contributed by atoms with Crippen LogP contribution in [0.2, 0.25) is 0 Å². The van der Waals surface area contributed by atoms with E-state index in [0.717, 1.165) is 11.2 Å². The van der Waals surface area contributed by atoms with E-state index >= 15 is 0 Å². The third-order valence-electron chi connectivity index (χ3n) is 5.37. The number of anilines is 1. The molecule has 1 aliphatic rings. The quantitative estimate of drug-likeness (QED) is 0.375. The second-order valence-electron chi connectivity index (χ2n) is 8.03. The van der Waals surface area contributed by atoms with Crippen molar-refractivity contribution in [3.8, 4) is 0 Å². The lowest BCUT2D eigenvalue weighted by Gasteiger charge is -2.25. The molecule has 0 bridgehead atoms. The molecule has 1 atom stereocenters. The first kappa shape index (κ1) is 24.0. The minimum Gasteiger partial charge on any atom is -0.324 e. The van der Waals surface area contributed by atoms with Crippen molar-refractivity contribution in [3.63, 3.8) is 0 Å². The van der Waals surface area contributed by atoms with Crippen LogP contribution in [-0.2, 0) is 14.6 Å². The van der Waals surface area contributed by atoms with E-state index in [1.165, 1.54) is 12.1 Å². The smallest absolute Gasteiger partial charge is 0.262 e. The third kappa shape index (κ3) is 5.67. The second-order valence-corrected chi connectivity index (χ2v) is 10.3. The van der Waals surface area contributed by atoms with Gasteiger partial charge in [0.2, 0.25) is 5.91 Å². The van der Waals surface area contributed by atoms with Crippen LogP contribution in [0.4, 0.5) is 17.1 Å². The Balaban J connectivity index is 1.52. The average Bonchev–Trinajstić information content (AvgIpc) is 3.09. The topological polar surface area (TPSA) is 125 Å². The maximum Gasteiger partial charge on any atom is 0.262 e. The lowest BCUT2D eigenvalue weighted by atomic mass is 10.1. The number of imide groups is 1. The van der Waals surface area contributed by atoms with Crippen molar-refractivity contribution in [3.05, 3.63) is 90.0 Å². The predicted octanol–water partition coefficient (Wildman–Crippen LogP) is 4.14. The van der Waals surface area contributed by atoms with Gasteiger partial charge in [0, 0.05) is 11.9 Å². The van der Waals surface area contributed by atoms with Crippen LogP contribution in [0, 0.1) is 0 Å². The van der Waals surface area contributed by atoms with Crippen LogP contribution < -0.4 is 5.32 Å². The molecule has 0 saturated carbocycles. The number of azo groups is 1. The Kier molecular flexibility index (Phi) is 6.83. The molecule has 4 rings (SSSR count). The van der Waals surface area contributed by atoms with Crippen molar-refractivity contribution in [2.75, 3.05) is 17.3 Å². The number of rotatable bonds is 8. The number of fused-ring (bicyclic) bond motifs is 1. The van der Waals surface area contributed by atoms with Gasteiger partial charge >= 0.3 is 0 Å². The monoisotopic (exact) mass is 490 g/mol. The molecule has 1 N–H and O–H groups in total. The molecule has 0 radical (unpaired) electrons. The van der Waals surface area contributed by atoms with Gasteiger partial charge in [-0.25, -0.2) is 8.42 Å². The Morgan fingerprint density at radius 3 is 1.89 bits per heavy atom. The van der Waals surface area contributed by atoms with E-state index in [1.807, 2.05) is 30.3 Å². The Labute approximate surface area is 202 Å². The molecule has 0 spiro atoms. The minimum atomic E-state index is -3.44. The molecule has 1 aliphatic heterocycles. The van der Waals surface area contributed by atoms with Crippen molar-refractivity contribution in [1.29, 1.82) is 0 Å². The molecule has 35 heavy (non-hydrogen) atoms. The van der Waals surface area contributed by atoms with Crippen LogP contribution in [0.5, 0.6) is 0 Å². The van der Waals surface area contributed by atoms with E-state index in [0.29, 0.717) is 17.1 Å². The van der Waals surface area contributed by atoms with E-state index < -0.39 is 33.6 Å². The number of nitrogens with zero attached hydrogens (tertiary/aromatic N) is 3.